The van der Waals surface area contributed by atoms with Crippen LogP contribution in [0.25, 0.3) is 0 Å². The second kappa shape index (κ2) is 5.12. The molecule has 2 saturated heterocycles. The van der Waals surface area contributed by atoms with Crippen LogP contribution < -0.4 is 0 Å². The Bertz CT molecular complexity index is 448. The summed E-state index contributed by atoms with van der Waals surface area (Å²) in [5.41, 5.74) is 0. The van der Waals surface area contributed by atoms with Crippen LogP contribution in [-0.4, -0.2) is 47.8 Å². The first-order valence-electron chi connectivity index (χ1n) is 3.92. The van der Waals surface area contributed by atoms with Gasteiger partial charge in [-0.1, -0.05) is 0 Å². The largest absolute Gasteiger partial charge is 0.511 e. The summed E-state index contributed by atoms with van der Waals surface area (Å²) in [6, 6.07) is 0. The topological polar surface area (TPSA) is 122 Å². The predicted octanol–water partition coefficient (Wildman–Crippen LogP) is -0.943. The van der Waals surface area contributed by atoms with Crippen molar-refractivity contribution in [2.75, 3.05) is 18.5 Å². The summed E-state index contributed by atoms with van der Waals surface area (Å²) in [7, 11) is -7.81. The summed E-state index contributed by atoms with van der Waals surface area (Å²) in [6.45, 7) is -1.01. The standard InChI is InChI=1S/C3H3FO3.C2H4O6S2/c4-2-1-6-3(5)7-2;3-9(4)2-10(5,6)8-1-7-9/h2H,1H2;1-2H2. The van der Waals surface area contributed by atoms with Gasteiger partial charge in [0.15, 0.2) is 13.4 Å². The van der Waals surface area contributed by atoms with Crippen molar-refractivity contribution in [1.29, 1.82) is 0 Å². The highest BCUT2D eigenvalue weighted by molar-refractivity contribution is 8.04. The van der Waals surface area contributed by atoms with Crippen LogP contribution in [0.5, 0.6) is 0 Å². The number of carbonyl (C=O) groups excluding carboxylic acids is 1. The molecule has 2 rings (SSSR count). The quantitative estimate of drug-likeness (QED) is 0.411. The Balaban J connectivity index is 0.000000181. The van der Waals surface area contributed by atoms with Crippen molar-refractivity contribution in [2.24, 2.45) is 0 Å². The minimum Gasteiger partial charge on any atom is -0.427 e. The summed E-state index contributed by atoms with van der Waals surface area (Å²) in [5, 5.41) is -1.10. The lowest BCUT2D eigenvalue weighted by Gasteiger charge is -2.11. The van der Waals surface area contributed by atoms with Crippen LogP contribution in [0.2, 0.25) is 0 Å². The van der Waals surface area contributed by atoms with E-state index in [2.05, 4.69) is 17.8 Å². The van der Waals surface area contributed by atoms with E-state index < -0.39 is 44.6 Å². The molecule has 2 aliphatic rings. The lowest BCUT2D eigenvalue weighted by Crippen LogP contribution is -2.28. The van der Waals surface area contributed by atoms with Crippen LogP contribution in [0.4, 0.5) is 9.18 Å². The number of halogens is 1. The van der Waals surface area contributed by atoms with Gasteiger partial charge in [0.2, 0.25) is 5.08 Å². The zero-order chi connectivity index (χ0) is 13.1. The maximum atomic E-state index is 11.6. The Morgan fingerprint density at radius 3 is 1.82 bits per heavy atom. The highest BCUT2D eigenvalue weighted by atomic mass is 32.3. The SMILES string of the molecule is O=C1OCC(F)O1.O=S1(=O)CS(=O)(=O)OCO1. The van der Waals surface area contributed by atoms with Gasteiger partial charge >= 0.3 is 6.16 Å². The second-order valence-corrected chi connectivity index (χ2v) is 6.32. The molecular formula is C5H7FO9S2. The Kier molecular flexibility index (Phi) is 4.24. The van der Waals surface area contributed by atoms with Gasteiger partial charge in [-0.3, -0.25) is 0 Å². The molecule has 1 unspecified atom stereocenters. The lowest BCUT2D eigenvalue weighted by atomic mass is 10.8. The van der Waals surface area contributed by atoms with Crippen molar-refractivity contribution in [2.45, 2.75) is 6.36 Å². The zero-order valence-corrected chi connectivity index (χ0v) is 9.70. The molecule has 2 aliphatic heterocycles. The van der Waals surface area contributed by atoms with Gasteiger partial charge in [-0.15, -0.1) is 0 Å². The molecule has 0 amide bonds. The molecule has 1 atom stereocenters. The number of cyclic esters (lactones) is 2. The molecule has 0 N–H and O–H groups in total. The molecule has 2 fully saturated rings. The van der Waals surface area contributed by atoms with Crippen LogP contribution in [0, 0.1) is 0 Å². The minimum atomic E-state index is -3.90. The Hall–Kier alpha value is -0.980. The van der Waals surface area contributed by atoms with Crippen molar-refractivity contribution in [3.05, 3.63) is 0 Å². The molecule has 2 heterocycles. The average Bonchev–Trinajstić information content (AvgIpc) is 2.46. The first-order chi connectivity index (χ1) is 7.70. The van der Waals surface area contributed by atoms with Crippen molar-refractivity contribution in [3.8, 4) is 0 Å². The van der Waals surface area contributed by atoms with Crippen molar-refractivity contribution >= 4 is 26.4 Å². The third-order valence-electron chi connectivity index (χ3n) is 1.30. The molecule has 0 aromatic heterocycles. The van der Waals surface area contributed by atoms with Crippen LogP contribution >= 0.6 is 0 Å². The number of ether oxygens (including phenoxy) is 2. The summed E-state index contributed by atoms with van der Waals surface area (Å²) < 4.78 is 69.0. The number of hydrogen-bond acceptors (Lipinski definition) is 9. The fourth-order valence-electron chi connectivity index (χ4n) is 0.717. The predicted molar refractivity (Wildman–Crippen MR) is 47.1 cm³/mol. The van der Waals surface area contributed by atoms with E-state index in [1.807, 2.05) is 0 Å². The molecule has 0 saturated carbocycles. The fourth-order valence-corrected chi connectivity index (χ4v) is 3.13. The van der Waals surface area contributed by atoms with Crippen LogP contribution in [-0.2, 0) is 38.1 Å². The molecule has 17 heavy (non-hydrogen) atoms. The number of carbonyl (C=O) groups is 1. The van der Waals surface area contributed by atoms with E-state index in [0.29, 0.717) is 0 Å². The molecule has 100 valence electrons. The Labute approximate surface area is 95.6 Å². The molecule has 12 heteroatoms. The summed E-state index contributed by atoms with van der Waals surface area (Å²) in [4.78, 5) is 9.77. The van der Waals surface area contributed by atoms with Crippen LogP contribution in [0.3, 0.4) is 0 Å². The molecule has 9 nitrogen and oxygen atoms in total. The van der Waals surface area contributed by atoms with Crippen molar-refractivity contribution in [1.82, 2.24) is 0 Å². The first-order valence-corrected chi connectivity index (χ1v) is 7.07. The van der Waals surface area contributed by atoms with E-state index in [4.69, 9.17) is 0 Å². The van der Waals surface area contributed by atoms with E-state index in [1.165, 1.54) is 0 Å². The molecule has 0 bridgehead atoms. The van der Waals surface area contributed by atoms with Gasteiger partial charge in [0.25, 0.3) is 26.6 Å². The molecule has 0 aromatic carbocycles. The maximum absolute atomic E-state index is 11.6. The Morgan fingerprint density at radius 2 is 1.65 bits per heavy atom. The number of alkyl halides is 1. The van der Waals surface area contributed by atoms with E-state index >= 15 is 0 Å². The maximum Gasteiger partial charge on any atom is 0.511 e. The lowest BCUT2D eigenvalue weighted by molar-refractivity contribution is 0.0572. The second-order valence-electron chi connectivity index (χ2n) is 2.68. The molecule has 0 aliphatic carbocycles. The van der Waals surface area contributed by atoms with E-state index in [1.54, 1.807) is 0 Å². The van der Waals surface area contributed by atoms with Gasteiger partial charge in [-0.05, 0) is 0 Å². The normalized spacial score (nSPS) is 29.5. The monoisotopic (exact) mass is 294 g/mol. The van der Waals surface area contributed by atoms with Gasteiger partial charge in [0.05, 0.1) is 0 Å². The first kappa shape index (κ1) is 14.1. The highest BCUT2D eigenvalue weighted by Gasteiger charge is 2.29. The van der Waals surface area contributed by atoms with E-state index in [0.717, 1.165) is 0 Å². The number of hydrogen-bond donors (Lipinski definition) is 0. The Morgan fingerprint density at radius 1 is 1.12 bits per heavy atom. The summed E-state index contributed by atoms with van der Waals surface area (Å²) in [6.07, 6.45) is -2.47. The van der Waals surface area contributed by atoms with Crippen molar-refractivity contribution in [3.63, 3.8) is 0 Å². The number of rotatable bonds is 0. The van der Waals surface area contributed by atoms with Crippen molar-refractivity contribution < 1.29 is 43.9 Å². The highest BCUT2D eigenvalue weighted by Crippen LogP contribution is 2.08. The molecular weight excluding hydrogens is 287 g/mol. The van der Waals surface area contributed by atoms with Gasteiger partial charge in [0.1, 0.15) is 0 Å². The van der Waals surface area contributed by atoms with Gasteiger partial charge < -0.3 is 9.47 Å². The molecule has 0 radical (unpaired) electrons. The minimum absolute atomic E-state index is 0.265. The average molecular weight is 294 g/mol. The van der Waals surface area contributed by atoms with Gasteiger partial charge in [0, 0.05) is 0 Å². The third-order valence-corrected chi connectivity index (χ3v) is 4.52. The smallest absolute Gasteiger partial charge is 0.427 e. The molecule has 0 spiro atoms. The third kappa shape index (κ3) is 5.25. The molecule has 0 aromatic rings. The van der Waals surface area contributed by atoms with Gasteiger partial charge in [-0.2, -0.15) is 21.2 Å². The van der Waals surface area contributed by atoms with E-state index in [-0.39, 0.29) is 6.61 Å². The van der Waals surface area contributed by atoms with Gasteiger partial charge in [-0.25, -0.2) is 13.2 Å². The summed E-state index contributed by atoms with van der Waals surface area (Å²) >= 11 is 0. The summed E-state index contributed by atoms with van der Waals surface area (Å²) in [5.74, 6) is 0. The van der Waals surface area contributed by atoms with E-state index in [9.17, 15) is 26.0 Å². The zero-order valence-electron chi connectivity index (χ0n) is 8.07. The fraction of sp³-hybridized carbons (Fsp3) is 0.800. The van der Waals surface area contributed by atoms with Crippen LogP contribution in [0.15, 0.2) is 0 Å². The van der Waals surface area contributed by atoms with Crippen LogP contribution in [0.1, 0.15) is 0 Å².